The average molecular weight is 277 g/mol. The van der Waals surface area contributed by atoms with Gasteiger partial charge in [0.25, 0.3) is 0 Å². The van der Waals surface area contributed by atoms with Gasteiger partial charge in [-0.15, -0.1) is 6.42 Å². The molecule has 0 aliphatic carbocycles. The van der Waals surface area contributed by atoms with Crippen molar-refractivity contribution in [2.24, 2.45) is 0 Å². The molecule has 0 spiro atoms. The molecule has 0 amide bonds. The summed E-state index contributed by atoms with van der Waals surface area (Å²) in [5, 5.41) is 12.5. The highest BCUT2D eigenvalue weighted by Crippen LogP contribution is 2.12. The molecule has 5 nitrogen and oxygen atoms in total. The molecule has 0 aliphatic rings. The monoisotopic (exact) mass is 277 g/mol. The Morgan fingerprint density at radius 2 is 2.10 bits per heavy atom. The summed E-state index contributed by atoms with van der Waals surface area (Å²) in [6, 6.07) is 6.55. The molecule has 0 saturated carbocycles. The maximum absolute atomic E-state index is 11.5. The minimum absolute atomic E-state index is 0.226. The first-order chi connectivity index (χ1) is 9.58. The second-order valence-electron chi connectivity index (χ2n) is 4.26. The molecular weight excluding hydrogens is 258 g/mol. The summed E-state index contributed by atoms with van der Waals surface area (Å²) in [6.07, 6.45) is 4.27. The fraction of sp³-hybridized carbons (Fsp3) is 0.400. The Kier molecular flexibility index (Phi) is 6.57. The number of aliphatic hydroxyl groups excluding tert-OH is 1. The molecular formula is C15H19NO4. The highest BCUT2D eigenvalue weighted by Gasteiger charge is 2.23. The Morgan fingerprint density at radius 1 is 1.45 bits per heavy atom. The zero-order valence-electron chi connectivity index (χ0n) is 11.6. The molecule has 1 aromatic rings. The fourth-order valence-electron chi connectivity index (χ4n) is 1.63. The SMILES string of the molecule is C#CCOc1ccc(CN[C@H](C(=O)OC)[C@@H](C)O)cc1. The lowest BCUT2D eigenvalue weighted by Crippen LogP contribution is -2.45. The van der Waals surface area contributed by atoms with Gasteiger partial charge in [0, 0.05) is 6.54 Å². The number of benzene rings is 1. The summed E-state index contributed by atoms with van der Waals surface area (Å²) >= 11 is 0. The Labute approximate surface area is 118 Å². The van der Waals surface area contributed by atoms with Gasteiger partial charge in [0.05, 0.1) is 13.2 Å². The first-order valence-corrected chi connectivity index (χ1v) is 6.23. The van der Waals surface area contributed by atoms with Crippen molar-refractivity contribution >= 4 is 5.97 Å². The molecule has 5 heteroatoms. The lowest BCUT2D eigenvalue weighted by molar-refractivity contribution is -0.145. The van der Waals surface area contributed by atoms with Crippen LogP contribution in [-0.4, -0.2) is 36.9 Å². The van der Waals surface area contributed by atoms with Gasteiger partial charge in [0.15, 0.2) is 0 Å². The number of hydrogen-bond donors (Lipinski definition) is 2. The fourth-order valence-corrected chi connectivity index (χ4v) is 1.63. The number of hydrogen-bond acceptors (Lipinski definition) is 5. The summed E-state index contributed by atoms with van der Waals surface area (Å²) in [5.41, 5.74) is 0.951. The zero-order valence-corrected chi connectivity index (χ0v) is 11.6. The van der Waals surface area contributed by atoms with Gasteiger partial charge in [-0.05, 0) is 24.6 Å². The molecule has 1 rings (SSSR count). The number of carbonyl (C=O) groups excluding carboxylic acids is 1. The highest BCUT2D eigenvalue weighted by atomic mass is 16.5. The van der Waals surface area contributed by atoms with Gasteiger partial charge in [0.2, 0.25) is 0 Å². The molecule has 0 radical (unpaired) electrons. The van der Waals surface area contributed by atoms with Gasteiger partial charge in [-0.25, -0.2) is 0 Å². The van der Waals surface area contributed by atoms with Crippen molar-refractivity contribution < 1.29 is 19.4 Å². The number of esters is 1. The maximum atomic E-state index is 11.5. The van der Waals surface area contributed by atoms with E-state index in [0.29, 0.717) is 12.3 Å². The lowest BCUT2D eigenvalue weighted by atomic mass is 10.1. The summed E-state index contributed by atoms with van der Waals surface area (Å²) in [4.78, 5) is 11.5. The molecule has 0 bridgehead atoms. The van der Waals surface area contributed by atoms with Crippen LogP contribution in [0.3, 0.4) is 0 Å². The van der Waals surface area contributed by atoms with Crippen LogP contribution in [0.5, 0.6) is 5.75 Å². The number of rotatable bonds is 7. The molecule has 0 aliphatic heterocycles. The summed E-state index contributed by atoms with van der Waals surface area (Å²) in [7, 11) is 1.29. The van der Waals surface area contributed by atoms with Crippen molar-refractivity contribution in [2.45, 2.75) is 25.6 Å². The third-order valence-corrected chi connectivity index (χ3v) is 2.71. The van der Waals surface area contributed by atoms with Gasteiger partial charge < -0.3 is 14.6 Å². The number of aliphatic hydroxyl groups is 1. The van der Waals surface area contributed by atoms with Crippen LogP contribution in [0.25, 0.3) is 0 Å². The van der Waals surface area contributed by atoms with Crippen LogP contribution in [0, 0.1) is 12.3 Å². The lowest BCUT2D eigenvalue weighted by Gasteiger charge is -2.19. The van der Waals surface area contributed by atoms with Crippen LogP contribution >= 0.6 is 0 Å². The van der Waals surface area contributed by atoms with Crippen LogP contribution in [0.4, 0.5) is 0 Å². The summed E-state index contributed by atoms with van der Waals surface area (Å²) in [6.45, 7) is 2.19. The molecule has 2 atom stereocenters. The number of terminal acetylenes is 1. The zero-order chi connectivity index (χ0) is 15.0. The van der Waals surface area contributed by atoms with Crippen molar-refractivity contribution in [3.05, 3.63) is 29.8 Å². The minimum atomic E-state index is -0.833. The second kappa shape index (κ2) is 8.20. The summed E-state index contributed by atoms with van der Waals surface area (Å²) in [5.74, 6) is 2.58. The number of ether oxygens (including phenoxy) is 2. The van der Waals surface area contributed by atoms with E-state index in [0.717, 1.165) is 5.56 Å². The average Bonchev–Trinajstić information content (AvgIpc) is 2.45. The van der Waals surface area contributed by atoms with Crippen molar-refractivity contribution in [3.8, 4) is 18.1 Å². The third kappa shape index (κ3) is 4.92. The molecule has 108 valence electrons. The predicted octanol–water partition coefficient (Wildman–Crippen LogP) is 0.711. The number of nitrogens with one attached hydrogen (secondary N) is 1. The quantitative estimate of drug-likeness (QED) is 0.567. The van der Waals surface area contributed by atoms with Crippen molar-refractivity contribution in [2.75, 3.05) is 13.7 Å². The smallest absolute Gasteiger partial charge is 0.325 e. The first kappa shape index (κ1) is 16.0. The number of carbonyl (C=O) groups is 1. The van der Waals surface area contributed by atoms with Gasteiger partial charge in [-0.2, -0.15) is 0 Å². The van der Waals surface area contributed by atoms with E-state index in [9.17, 15) is 9.90 Å². The molecule has 0 aromatic heterocycles. The summed E-state index contributed by atoms with van der Waals surface area (Å²) < 4.78 is 9.88. The molecule has 0 unspecified atom stereocenters. The molecule has 0 heterocycles. The van der Waals surface area contributed by atoms with Crippen LogP contribution in [-0.2, 0) is 16.1 Å². The Hall–Kier alpha value is -2.03. The Bertz CT molecular complexity index is 462. The minimum Gasteiger partial charge on any atom is -0.481 e. The third-order valence-electron chi connectivity index (χ3n) is 2.71. The van der Waals surface area contributed by atoms with E-state index < -0.39 is 18.1 Å². The van der Waals surface area contributed by atoms with Gasteiger partial charge in [-0.3, -0.25) is 10.1 Å². The molecule has 2 N–H and O–H groups in total. The Morgan fingerprint density at radius 3 is 2.60 bits per heavy atom. The first-order valence-electron chi connectivity index (χ1n) is 6.23. The van der Waals surface area contributed by atoms with E-state index in [-0.39, 0.29) is 6.61 Å². The van der Waals surface area contributed by atoms with Gasteiger partial charge >= 0.3 is 5.97 Å². The van der Waals surface area contributed by atoms with E-state index >= 15 is 0 Å². The molecule has 20 heavy (non-hydrogen) atoms. The maximum Gasteiger partial charge on any atom is 0.325 e. The predicted molar refractivity (Wildman–Crippen MR) is 75.1 cm³/mol. The number of methoxy groups -OCH3 is 1. The molecule has 0 saturated heterocycles. The van der Waals surface area contributed by atoms with Crippen LogP contribution < -0.4 is 10.1 Å². The van der Waals surface area contributed by atoms with Crippen molar-refractivity contribution in [1.29, 1.82) is 0 Å². The van der Waals surface area contributed by atoms with Crippen molar-refractivity contribution in [1.82, 2.24) is 5.32 Å². The van der Waals surface area contributed by atoms with Crippen LogP contribution in [0.2, 0.25) is 0 Å². The Balaban J connectivity index is 2.56. The van der Waals surface area contributed by atoms with E-state index in [1.807, 2.05) is 12.1 Å². The largest absolute Gasteiger partial charge is 0.481 e. The molecule has 0 fully saturated rings. The van der Waals surface area contributed by atoms with Crippen LogP contribution in [0.1, 0.15) is 12.5 Å². The normalized spacial score (nSPS) is 13.1. The van der Waals surface area contributed by atoms with E-state index in [1.54, 1.807) is 12.1 Å². The second-order valence-corrected chi connectivity index (χ2v) is 4.26. The van der Waals surface area contributed by atoms with E-state index in [1.165, 1.54) is 14.0 Å². The molecule has 1 aromatic carbocycles. The van der Waals surface area contributed by atoms with Gasteiger partial charge in [0.1, 0.15) is 18.4 Å². The standard InChI is InChI=1S/C15H19NO4/c1-4-9-20-13-7-5-12(6-8-13)10-16-14(11(2)17)15(18)19-3/h1,5-8,11,14,16-17H,9-10H2,2-3H3/t11-,14+/m1/s1. The van der Waals surface area contributed by atoms with Crippen LogP contribution in [0.15, 0.2) is 24.3 Å². The van der Waals surface area contributed by atoms with E-state index in [4.69, 9.17) is 11.2 Å². The van der Waals surface area contributed by atoms with Crippen molar-refractivity contribution in [3.63, 3.8) is 0 Å². The van der Waals surface area contributed by atoms with Gasteiger partial charge in [-0.1, -0.05) is 18.1 Å². The topological polar surface area (TPSA) is 67.8 Å². The van der Waals surface area contributed by atoms with E-state index in [2.05, 4.69) is 16.0 Å². The highest BCUT2D eigenvalue weighted by molar-refractivity contribution is 5.76.